The Balaban J connectivity index is 0. The van der Waals surface area contributed by atoms with Crippen LogP contribution in [0.25, 0.3) is 0 Å². The zero-order valence-electron chi connectivity index (χ0n) is 4.63. The van der Waals surface area contributed by atoms with Crippen LogP contribution in [0.4, 0.5) is 0 Å². The molecular weight excluding hydrogens is 137 g/mol. The summed E-state index contributed by atoms with van der Waals surface area (Å²) in [7, 11) is 0. The summed E-state index contributed by atoms with van der Waals surface area (Å²) in [4.78, 5) is 9.65. The minimum Gasteiger partial charge on any atom is -0.548 e. The van der Waals surface area contributed by atoms with Crippen molar-refractivity contribution in [3.8, 4) is 0 Å². The van der Waals surface area contributed by atoms with Crippen molar-refractivity contribution in [2.75, 3.05) is 5.75 Å². The molecule has 8 heavy (non-hydrogen) atoms. The van der Waals surface area contributed by atoms with Gasteiger partial charge in [0.1, 0.15) is 0 Å². The van der Waals surface area contributed by atoms with E-state index >= 15 is 0 Å². The summed E-state index contributed by atoms with van der Waals surface area (Å²) in [6.45, 7) is 0. The molecular formula is C3H6NNaO2S. The van der Waals surface area contributed by atoms with Crippen molar-refractivity contribution in [2.24, 2.45) is 5.73 Å². The van der Waals surface area contributed by atoms with E-state index in [-0.39, 0.29) is 35.3 Å². The summed E-state index contributed by atoms with van der Waals surface area (Å²) < 4.78 is 0. The van der Waals surface area contributed by atoms with Gasteiger partial charge in [0, 0.05) is 5.75 Å². The molecule has 3 nitrogen and oxygen atoms in total. The average Bonchev–Trinajstić information content (AvgIpc) is 1.65. The Hall–Kier alpha value is 0.780. The molecule has 2 N–H and O–H groups in total. The number of nitrogens with two attached hydrogens (primary N) is 1. The number of carbonyl (C=O) groups is 1. The molecule has 0 bridgehead atoms. The molecule has 0 rings (SSSR count). The minimum absolute atomic E-state index is 0. The molecule has 0 unspecified atom stereocenters. The molecule has 0 aromatic rings. The van der Waals surface area contributed by atoms with Crippen molar-refractivity contribution in [3.63, 3.8) is 0 Å². The number of hydrogen-bond donors (Lipinski definition) is 2. The Labute approximate surface area is 75.3 Å². The maximum absolute atomic E-state index is 9.65. The summed E-state index contributed by atoms with van der Waals surface area (Å²) in [5.41, 5.74) is 4.88. The first-order valence-corrected chi connectivity index (χ1v) is 2.39. The van der Waals surface area contributed by atoms with Crippen molar-refractivity contribution in [2.45, 2.75) is 6.04 Å². The predicted molar refractivity (Wildman–Crippen MR) is 26.8 cm³/mol. The predicted octanol–water partition coefficient (Wildman–Crippen LogP) is -5.00. The molecule has 0 radical (unpaired) electrons. The fourth-order valence-electron chi connectivity index (χ4n) is 0.0745. The van der Waals surface area contributed by atoms with Crippen LogP contribution in [0.1, 0.15) is 0 Å². The Bertz CT molecular complexity index is 79.7. The van der Waals surface area contributed by atoms with Gasteiger partial charge in [0.05, 0.1) is 12.0 Å². The number of thiol groups is 1. The Morgan fingerprint density at radius 2 is 2.25 bits per heavy atom. The monoisotopic (exact) mass is 143 g/mol. The number of rotatable bonds is 2. The van der Waals surface area contributed by atoms with Crippen LogP contribution in [0, 0.1) is 0 Å². The molecule has 1 atom stereocenters. The van der Waals surface area contributed by atoms with E-state index in [1.807, 2.05) is 0 Å². The molecule has 0 saturated carbocycles. The summed E-state index contributed by atoms with van der Waals surface area (Å²) in [5, 5.41) is 9.65. The van der Waals surface area contributed by atoms with E-state index in [0.29, 0.717) is 0 Å². The molecule has 42 valence electrons. The van der Waals surface area contributed by atoms with Crippen molar-refractivity contribution in [3.05, 3.63) is 0 Å². The number of carbonyl (C=O) groups excluding carboxylic acids is 1. The van der Waals surface area contributed by atoms with Crippen LogP contribution in [0.3, 0.4) is 0 Å². The number of hydrogen-bond acceptors (Lipinski definition) is 4. The molecule has 0 heterocycles. The first-order chi connectivity index (χ1) is 3.18. The fraction of sp³-hybridized carbons (Fsp3) is 0.667. The second-order valence-electron chi connectivity index (χ2n) is 1.11. The average molecular weight is 143 g/mol. The molecule has 0 fully saturated rings. The summed E-state index contributed by atoms with van der Waals surface area (Å²) in [6.07, 6.45) is 0. The normalized spacial score (nSPS) is 11.8. The van der Waals surface area contributed by atoms with Gasteiger partial charge in [-0.3, -0.25) is 0 Å². The van der Waals surface area contributed by atoms with Crippen molar-refractivity contribution < 1.29 is 39.5 Å². The second kappa shape index (κ2) is 5.91. The van der Waals surface area contributed by atoms with E-state index < -0.39 is 12.0 Å². The van der Waals surface area contributed by atoms with Gasteiger partial charge in [-0.1, -0.05) is 0 Å². The SMILES string of the molecule is N[C@H](CS)C(=O)[O-].[Na+]. The fourth-order valence-corrected chi connectivity index (χ4v) is 0.224. The quantitative estimate of drug-likeness (QED) is 0.300. The van der Waals surface area contributed by atoms with Crippen LogP contribution in [-0.2, 0) is 4.79 Å². The molecule has 0 aromatic heterocycles. The number of carboxylic acid groups (broad SMARTS) is 1. The summed E-state index contributed by atoms with van der Waals surface area (Å²) >= 11 is 3.61. The van der Waals surface area contributed by atoms with E-state index in [2.05, 4.69) is 12.6 Å². The van der Waals surface area contributed by atoms with Gasteiger partial charge < -0.3 is 15.6 Å². The smallest absolute Gasteiger partial charge is 0.548 e. The zero-order valence-corrected chi connectivity index (χ0v) is 7.52. The largest absolute Gasteiger partial charge is 1.00 e. The third kappa shape index (κ3) is 4.93. The van der Waals surface area contributed by atoms with Crippen molar-refractivity contribution in [1.82, 2.24) is 0 Å². The van der Waals surface area contributed by atoms with Crippen LogP contribution < -0.4 is 40.4 Å². The molecule has 0 saturated heterocycles. The van der Waals surface area contributed by atoms with Crippen LogP contribution in [0.5, 0.6) is 0 Å². The minimum atomic E-state index is -1.25. The maximum atomic E-state index is 9.65. The van der Waals surface area contributed by atoms with E-state index in [0.717, 1.165) is 0 Å². The van der Waals surface area contributed by atoms with Crippen LogP contribution in [0.2, 0.25) is 0 Å². The number of aliphatic carboxylic acids is 1. The van der Waals surface area contributed by atoms with Crippen LogP contribution >= 0.6 is 12.6 Å². The molecule has 5 heteroatoms. The summed E-state index contributed by atoms with van der Waals surface area (Å²) in [5.74, 6) is -1.13. The van der Waals surface area contributed by atoms with Gasteiger partial charge in [-0.2, -0.15) is 12.6 Å². The van der Waals surface area contributed by atoms with Crippen LogP contribution in [0.15, 0.2) is 0 Å². The number of carboxylic acids is 1. The third-order valence-electron chi connectivity index (χ3n) is 0.499. The topological polar surface area (TPSA) is 66.2 Å². The Kier molecular flexibility index (Phi) is 8.54. The zero-order chi connectivity index (χ0) is 5.86. The molecule has 0 aromatic carbocycles. The first-order valence-electron chi connectivity index (χ1n) is 1.75. The standard InChI is InChI=1S/C3H7NO2S.Na/c4-2(1-7)3(5)6;/h2,7H,1,4H2,(H,5,6);/q;+1/p-1/t2-;/m1./s1. The van der Waals surface area contributed by atoms with Crippen molar-refractivity contribution >= 4 is 18.6 Å². The molecule has 0 spiro atoms. The van der Waals surface area contributed by atoms with E-state index in [1.54, 1.807) is 0 Å². The third-order valence-corrected chi connectivity index (χ3v) is 0.893. The molecule has 0 aliphatic heterocycles. The van der Waals surface area contributed by atoms with Gasteiger partial charge in [-0.15, -0.1) is 0 Å². The molecule has 0 aliphatic carbocycles. The van der Waals surface area contributed by atoms with Gasteiger partial charge in [0.2, 0.25) is 0 Å². The van der Waals surface area contributed by atoms with Gasteiger partial charge in [-0.25, -0.2) is 0 Å². The summed E-state index contributed by atoms with van der Waals surface area (Å²) in [6, 6.07) is -0.927. The van der Waals surface area contributed by atoms with Crippen molar-refractivity contribution in [1.29, 1.82) is 0 Å². The van der Waals surface area contributed by atoms with Gasteiger partial charge >= 0.3 is 29.6 Å². The van der Waals surface area contributed by atoms with Gasteiger partial charge in [-0.05, 0) is 0 Å². The van der Waals surface area contributed by atoms with E-state index in [4.69, 9.17) is 5.73 Å². The van der Waals surface area contributed by atoms with Gasteiger partial charge in [0.15, 0.2) is 0 Å². The Morgan fingerprint density at radius 3 is 2.25 bits per heavy atom. The first kappa shape index (κ1) is 11.6. The van der Waals surface area contributed by atoms with Crippen LogP contribution in [-0.4, -0.2) is 17.8 Å². The van der Waals surface area contributed by atoms with E-state index in [1.165, 1.54) is 0 Å². The second-order valence-corrected chi connectivity index (χ2v) is 1.47. The molecule has 0 aliphatic rings. The van der Waals surface area contributed by atoms with E-state index in [9.17, 15) is 9.90 Å². The molecule has 0 amide bonds. The van der Waals surface area contributed by atoms with Gasteiger partial charge in [0.25, 0.3) is 0 Å². The maximum Gasteiger partial charge on any atom is 1.00 e. The Morgan fingerprint density at radius 1 is 1.88 bits per heavy atom.